The largest absolute Gasteiger partial charge is 0.341 e. The fourth-order valence-corrected chi connectivity index (χ4v) is 4.01. The Bertz CT molecular complexity index is 515. The van der Waals surface area contributed by atoms with Gasteiger partial charge in [0.1, 0.15) is 6.04 Å². The number of benzene rings is 1. The average Bonchev–Trinajstić information content (AvgIpc) is 2.94. The first-order valence-corrected chi connectivity index (χ1v) is 8.95. The Labute approximate surface area is 164 Å². The number of likely N-dealkylation sites (N-methyl/N-ethyl adjacent to an activating group) is 1. The topological polar surface area (TPSA) is 35.6 Å². The van der Waals surface area contributed by atoms with E-state index >= 15 is 0 Å². The summed E-state index contributed by atoms with van der Waals surface area (Å²) >= 11 is 0. The van der Waals surface area contributed by atoms with E-state index in [1.54, 1.807) is 0 Å². The summed E-state index contributed by atoms with van der Waals surface area (Å²) in [5.41, 5.74) is 1.10. The zero-order valence-electron chi connectivity index (χ0n) is 15.2. The highest BCUT2D eigenvalue weighted by molar-refractivity contribution is 5.85. The first-order chi connectivity index (χ1) is 11.2. The molecule has 0 aliphatic carbocycles. The molecule has 2 aliphatic heterocycles. The minimum Gasteiger partial charge on any atom is -0.341 e. The van der Waals surface area contributed by atoms with Gasteiger partial charge in [-0.3, -0.25) is 9.69 Å². The molecule has 2 aliphatic rings. The van der Waals surface area contributed by atoms with Gasteiger partial charge in [-0.05, 0) is 56.9 Å². The van der Waals surface area contributed by atoms with Gasteiger partial charge in [0.2, 0.25) is 5.91 Å². The van der Waals surface area contributed by atoms with Crippen LogP contribution in [0.1, 0.15) is 31.4 Å². The van der Waals surface area contributed by atoms with Gasteiger partial charge in [-0.25, -0.2) is 0 Å². The predicted molar refractivity (Wildman–Crippen MR) is 108 cm³/mol. The van der Waals surface area contributed by atoms with Crippen LogP contribution in [0.4, 0.5) is 0 Å². The number of carbonyl (C=O) groups excluding carboxylic acids is 1. The van der Waals surface area contributed by atoms with E-state index in [0.29, 0.717) is 0 Å². The standard InChI is InChI=1S/C19H29N3O.2ClH/c1-3-21(2)18(15-7-5-4-6-8-15)19(23)22-11-9-16-13-20-14-17(16)10-12-22;;/h4-8,16-18,20H,3,9-14H2,1-2H3;2*1H/t16-,17+,18?;;. The Kier molecular flexibility index (Phi) is 9.22. The number of carbonyl (C=O) groups is 1. The van der Waals surface area contributed by atoms with Crippen molar-refractivity contribution in [3.63, 3.8) is 0 Å². The molecular weight excluding hydrogens is 357 g/mol. The van der Waals surface area contributed by atoms with Gasteiger partial charge < -0.3 is 10.2 Å². The summed E-state index contributed by atoms with van der Waals surface area (Å²) in [6, 6.07) is 10.1. The lowest BCUT2D eigenvalue weighted by atomic mass is 9.92. The number of nitrogens with zero attached hydrogens (tertiary/aromatic N) is 2. The summed E-state index contributed by atoms with van der Waals surface area (Å²) in [5.74, 6) is 1.78. The van der Waals surface area contributed by atoms with Crippen molar-refractivity contribution in [3.05, 3.63) is 35.9 Å². The summed E-state index contributed by atoms with van der Waals surface area (Å²) in [4.78, 5) is 17.5. The SMILES string of the molecule is CCN(C)C(C(=O)N1CC[C@@H]2CNC[C@@H]2CC1)c1ccccc1.Cl.Cl. The molecule has 1 N–H and O–H groups in total. The van der Waals surface area contributed by atoms with E-state index < -0.39 is 0 Å². The van der Waals surface area contributed by atoms with E-state index in [1.807, 2.05) is 25.2 Å². The van der Waals surface area contributed by atoms with Crippen molar-refractivity contribution < 1.29 is 4.79 Å². The Balaban J connectivity index is 0.00000156. The summed E-state index contributed by atoms with van der Waals surface area (Å²) in [7, 11) is 2.05. The van der Waals surface area contributed by atoms with Gasteiger partial charge in [0.15, 0.2) is 0 Å². The molecule has 25 heavy (non-hydrogen) atoms. The van der Waals surface area contributed by atoms with Crippen molar-refractivity contribution in [2.24, 2.45) is 11.8 Å². The molecule has 0 saturated carbocycles. The van der Waals surface area contributed by atoms with E-state index in [4.69, 9.17) is 0 Å². The maximum absolute atomic E-state index is 13.2. The maximum Gasteiger partial charge on any atom is 0.244 e. The summed E-state index contributed by atoms with van der Waals surface area (Å²) < 4.78 is 0. The molecule has 0 aromatic heterocycles. The van der Waals surface area contributed by atoms with Crippen LogP contribution in [0.3, 0.4) is 0 Å². The lowest BCUT2D eigenvalue weighted by Gasteiger charge is -2.32. The van der Waals surface area contributed by atoms with Crippen molar-refractivity contribution in [3.8, 4) is 0 Å². The third-order valence-electron chi connectivity index (χ3n) is 5.62. The van der Waals surface area contributed by atoms with E-state index in [-0.39, 0.29) is 36.8 Å². The van der Waals surface area contributed by atoms with Gasteiger partial charge in [0.05, 0.1) is 0 Å². The molecule has 1 amide bonds. The van der Waals surface area contributed by atoms with E-state index in [9.17, 15) is 4.79 Å². The third kappa shape index (κ3) is 5.10. The summed E-state index contributed by atoms with van der Waals surface area (Å²) in [6.45, 7) is 7.05. The molecule has 0 radical (unpaired) electrons. The van der Waals surface area contributed by atoms with Crippen LogP contribution in [0.15, 0.2) is 30.3 Å². The molecule has 3 atom stereocenters. The molecule has 1 aromatic rings. The molecule has 0 bridgehead atoms. The number of rotatable bonds is 4. The van der Waals surface area contributed by atoms with Crippen LogP contribution in [0.5, 0.6) is 0 Å². The molecule has 142 valence electrons. The predicted octanol–water partition coefficient (Wildman–Crippen LogP) is 2.98. The fraction of sp³-hybridized carbons (Fsp3) is 0.632. The second kappa shape index (κ2) is 10.4. The smallest absolute Gasteiger partial charge is 0.244 e. The normalized spacial score (nSPS) is 23.9. The Hall–Kier alpha value is -0.810. The van der Waals surface area contributed by atoms with E-state index in [2.05, 4.69) is 34.2 Å². The van der Waals surface area contributed by atoms with Crippen LogP contribution >= 0.6 is 24.8 Å². The van der Waals surface area contributed by atoms with Gasteiger partial charge in [0, 0.05) is 13.1 Å². The zero-order chi connectivity index (χ0) is 16.2. The quantitative estimate of drug-likeness (QED) is 0.862. The number of hydrogen-bond donors (Lipinski definition) is 1. The van der Waals surface area contributed by atoms with Crippen molar-refractivity contribution in [1.82, 2.24) is 15.1 Å². The van der Waals surface area contributed by atoms with Gasteiger partial charge >= 0.3 is 0 Å². The lowest BCUT2D eigenvalue weighted by molar-refractivity contribution is -0.136. The molecule has 2 fully saturated rings. The van der Waals surface area contributed by atoms with E-state index in [0.717, 1.165) is 63.0 Å². The minimum absolute atomic E-state index is 0. The Morgan fingerprint density at radius 1 is 1.16 bits per heavy atom. The number of fused-ring (bicyclic) bond motifs is 1. The molecule has 0 spiro atoms. The highest BCUT2D eigenvalue weighted by atomic mass is 35.5. The lowest BCUT2D eigenvalue weighted by Crippen LogP contribution is -2.42. The van der Waals surface area contributed by atoms with Crippen molar-refractivity contribution in [1.29, 1.82) is 0 Å². The molecule has 6 heteroatoms. The van der Waals surface area contributed by atoms with Crippen LogP contribution in [0.2, 0.25) is 0 Å². The molecular formula is C19H31Cl2N3O. The molecule has 1 aromatic carbocycles. The number of halogens is 2. The maximum atomic E-state index is 13.2. The van der Waals surface area contributed by atoms with Crippen LogP contribution in [-0.4, -0.2) is 55.5 Å². The molecule has 4 nitrogen and oxygen atoms in total. The van der Waals surface area contributed by atoms with E-state index in [1.165, 1.54) is 0 Å². The van der Waals surface area contributed by atoms with Gasteiger partial charge in [-0.1, -0.05) is 37.3 Å². The summed E-state index contributed by atoms with van der Waals surface area (Å²) in [5, 5.41) is 3.50. The number of likely N-dealkylation sites (tertiary alicyclic amines) is 1. The van der Waals surface area contributed by atoms with Crippen molar-refractivity contribution in [2.45, 2.75) is 25.8 Å². The van der Waals surface area contributed by atoms with Gasteiger partial charge in [0.25, 0.3) is 0 Å². The first-order valence-electron chi connectivity index (χ1n) is 8.95. The second-order valence-electron chi connectivity index (χ2n) is 6.97. The van der Waals surface area contributed by atoms with Crippen LogP contribution in [-0.2, 0) is 4.79 Å². The Morgan fingerprint density at radius 3 is 2.24 bits per heavy atom. The minimum atomic E-state index is -0.155. The van der Waals surface area contributed by atoms with Gasteiger partial charge in [-0.2, -0.15) is 0 Å². The van der Waals surface area contributed by atoms with Crippen molar-refractivity contribution in [2.75, 3.05) is 39.8 Å². The highest BCUT2D eigenvalue weighted by Gasteiger charge is 2.34. The number of amides is 1. The highest BCUT2D eigenvalue weighted by Crippen LogP contribution is 2.29. The molecule has 2 saturated heterocycles. The first kappa shape index (κ1) is 22.2. The van der Waals surface area contributed by atoms with Crippen LogP contribution < -0.4 is 5.32 Å². The molecule has 2 heterocycles. The second-order valence-corrected chi connectivity index (χ2v) is 6.97. The molecule has 3 rings (SSSR count). The van der Waals surface area contributed by atoms with Crippen LogP contribution in [0, 0.1) is 11.8 Å². The monoisotopic (exact) mass is 387 g/mol. The third-order valence-corrected chi connectivity index (χ3v) is 5.62. The Morgan fingerprint density at radius 2 is 1.72 bits per heavy atom. The fourth-order valence-electron chi connectivity index (χ4n) is 4.01. The molecule has 1 unspecified atom stereocenters. The number of hydrogen-bond acceptors (Lipinski definition) is 3. The average molecular weight is 388 g/mol. The van der Waals surface area contributed by atoms with Crippen LogP contribution in [0.25, 0.3) is 0 Å². The zero-order valence-corrected chi connectivity index (χ0v) is 16.8. The number of nitrogens with one attached hydrogen (secondary N) is 1. The summed E-state index contributed by atoms with van der Waals surface area (Å²) in [6.07, 6.45) is 2.28. The van der Waals surface area contributed by atoms with Crippen molar-refractivity contribution >= 4 is 30.7 Å². The van der Waals surface area contributed by atoms with Gasteiger partial charge in [-0.15, -0.1) is 24.8 Å².